The molecule has 6 heteroatoms. The van der Waals surface area contributed by atoms with Crippen molar-refractivity contribution in [2.45, 2.75) is 6.18 Å². The third-order valence-electron chi connectivity index (χ3n) is 2.23. The number of hydrogen-bond donors (Lipinski definition) is 1. The summed E-state index contributed by atoms with van der Waals surface area (Å²) in [6.45, 7) is 0. The zero-order valence-corrected chi connectivity index (χ0v) is 9.55. The van der Waals surface area contributed by atoms with Gasteiger partial charge in [-0.3, -0.25) is 4.98 Å². The van der Waals surface area contributed by atoms with Gasteiger partial charge in [-0.2, -0.15) is 13.2 Å². The fourth-order valence-corrected chi connectivity index (χ4v) is 1.68. The lowest BCUT2D eigenvalue weighted by Gasteiger charge is -2.09. The van der Waals surface area contributed by atoms with Gasteiger partial charge >= 0.3 is 6.18 Å². The number of phenolic OH excluding ortho intramolecular Hbond substituents is 1. The van der Waals surface area contributed by atoms with Gasteiger partial charge < -0.3 is 5.11 Å². The molecule has 2 nitrogen and oxygen atoms in total. The minimum atomic E-state index is -4.48. The van der Waals surface area contributed by atoms with Crippen molar-refractivity contribution in [3.05, 3.63) is 47.1 Å². The molecule has 0 aliphatic rings. The first-order valence-electron chi connectivity index (χ1n) is 4.82. The summed E-state index contributed by atoms with van der Waals surface area (Å²) in [5, 5.41) is 9.11. The monoisotopic (exact) mass is 272 g/mol. The average Bonchev–Trinajstić information content (AvgIpc) is 2.27. The van der Waals surface area contributed by atoms with Crippen LogP contribution in [0.25, 0.3) is 11.3 Å². The standard InChI is InChI=1S/C12H6ClF3NO/c13-10-5-8(12(14,15)16)6-17-11(10)7-2-1-3-9(18)4-7/h1-2,4-6,18H. The molecule has 0 amide bonds. The molecule has 1 radical (unpaired) electrons. The molecule has 1 N–H and O–H groups in total. The van der Waals surface area contributed by atoms with Crippen LogP contribution in [0, 0.1) is 6.07 Å². The predicted octanol–water partition coefficient (Wildman–Crippen LogP) is 3.93. The number of phenols is 1. The second-order valence-electron chi connectivity index (χ2n) is 3.51. The first-order chi connectivity index (χ1) is 8.38. The SMILES string of the molecule is Oc1[c]ccc(-c2ncc(C(F)(F)F)cc2Cl)c1. The van der Waals surface area contributed by atoms with Gasteiger partial charge in [0.15, 0.2) is 0 Å². The van der Waals surface area contributed by atoms with E-state index >= 15 is 0 Å². The van der Waals surface area contributed by atoms with Crippen molar-refractivity contribution < 1.29 is 18.3 Å². The largest absolute Gasteiger partial charge is 0.507 e. The summed E-state index contributed by atoms with van der Waals surface area (Å²) in [6, 6.07) is 7.60. The van der Waals surface area contributed by atoms with E-state index in [0.29, 0.717) is 11.8 Å². The highest BCUT2D eigenvalue weighted by Crippen LogP contribution is 2.34. The van der Waals surface area contributed by atoms with Crippen LogP contribution in [0.3, 0.4) is 0 Å². The normalized spacial score (nSPS) is 11.6. The van der Waals surface area contributed by atoms with E-state index in [9.17, 15) is 18.3 Å². The van der Waals surface area contributed by atoms with Crippen molar-refractivity contribution in [2.24, 2.45) is 0 Å². The number of pyridine rings is 1. The van der Waals surface area contributed by atoms with Crippen molar-refractivity contribution >= 4 is 11.6 Å². The van der Waals surface area contributed by atoms with Crippen molar-refractivity contribution in [1.29, 1.82) is 0 Å². The molecule has 0 aliphatic carbocycles. The molecular weight excluding hydrogens is 267 g/mol. The lowest BCUT2D eigenvalue weighted by molar-refractivity contribution is -0.137. The highest BCUT2D eigenvalue weighted by molar-refractivity contribution is 6.33. The van der Waals surface area contributed by atoms with Crippen molar-refractivity contribution in [3.63, 3.8) is 0 Å². The molecule has 0 aliphatic heterocycles. The number of alkyl halides is 3. The summed E-state index contributed by atoms with van der Waals surface area (Å²) in [5.74, 6) is -0.134. The molecule has 2 aromatic rings. The Labute approximate surface area is 106 Å². The molecular formula is C12H6ClF3NO. The van der Waals surface area contributed by atoms with E-state index in [1.807, 2.05) is 0 Å². The predicted molar refractivity (Wildman–Crippen MR) is 60.2 cm³/mol. The molecule has 93 valence electrons. The molecule has 1 aromatic heterocycles. The maximum absolute atomic E-state index is 12.4. The van der Waals surface area contributed by atoms with Crippen LogP contribution in [0.5, 0.6) is 5.75 Å². The van der Waals surface area contributed by atoms with Gasteiger partial charge in [0.1, 0.15) is 5.75 Å². The minimum Gasteiger partial charge on any atom is -0.507 e. The highest BCUT2D eigenvalue weighted by atomic mass is 35.5. The Morgan fingerprint density at radius 2 is 2.00 bits per heavy atom. The minimum absolute atomic E-state index is 0.129. The summed E-state index contributed by atoms with van der Waals surface area (Å²) in [7, 11) is 0. The maximum Gasteiger partial charge on any atom is 0.417 e. The second kappa shape index (κ2) is 4.49. The summed E-state index contributed by atoms with van der Waals surface area (Å²) in [4.78, 5) is 3.68. The van der Waals surface area contributed by atoms with Crippen molar-refractivity contribution in [2.75, 3.05) is 0 Å². The second-order valence-corrected chi connectivity index (χ2v) is 3.92. The number of aromatic nitrogens is 1. The summed E-state index contributed by atoms with van der Waals surface area (Å²) < 4.78 is 37.3. The first kappa shape index (κ1) is 12.7. The third kappa shape index (κ3) is 2.56. The molecule has 0 spiro atoms. The molecule has 0 unspecified atom stereocenters. The number of halogens is 4. The number of nitrogens with zero attached hydrogens (tertiary/aromatic N) is 1. The molecule has 1 aromatic carbocycles. The first-order valence-corrected chi connectivity index (χ1v) is 5.19. The molecule has 18 heavy (non-hydrogen) atoms. The fourth-order valence-electron chi connectivity index (χ4n) is 1.41. The Hall–Kier alpha value is -1.75. The van der Waals surface area contributed by atoms with E-state index in [-0.39, 0.29) is 16.5 Å². The van der Waals surface area contributed by atoms with Crippen LogP contribution in [-0.4, -0.2) is 10.1 Å². The van der Waals surface area contributed by atoms with Crippen molar-refractivity contribution in [1.82, 2.24) is 4.98 Å². The van der Waals surface area contributed by atoms with Gasteiger partial charge in [0.25, 0.3) is 0 Å². The molecule has 0 fully saturated rings. The fraction of sp³-hybridized carbons (Fsp3) is 0.0833. The van der Waals surface area contributed by atoms with Gasteiger partial charge in [0.05, 0.1) is 16.3 Å². The quantitative estimate of drug-likeness (QED) is 0.853. The Morgan fingerprint density at radius 1 is 1.28 bits per heavy atom. The van der Waals surface area contributed by atoms with Gasteiger partial charge in [0.2, 0.25) is 0 Å². The van der Waals surface area contributed by atoms with Crippen LogP contribution in [0.15, 0.2) is 30.5 Å². The van der Waals surface area contributed by atoms with Gasteiger partial charge in [-0.15, -0.1) is 0 Å². The zero-order valence-electron chi connectivity index (χ0n) is 8.79. The Balaban J connectivity index is 2.48. The maximum atomic E-state index is 12.4. The van der Waals surface area contributed by atoms with E-state index in [1.54, 1.807) is 6.07 Å². The van der Waals surface area contributed by atoms with Crippen LogP contribution in [0.1, 0.15) is 5.56 Å². The summed E-state index contributed by atoms with van der Waals surface area (Å²) >= 11 is 5.77. The van der Waals surface area contributed by atoms with Crippen LogP contribution >= 0.6 is 11.6 Å². The van der Waals surface area contributed by atoms with Gasteiger partial charge in [-0.05, 0) is 18.2 Å². The number of benzene rings is 1. The summed E-state index contributed by atoms with van der Waals surface area (Å²) in [6.07, 6.45) is -3.78. The number of rotatable bonds is 1. The van der Waals surface area contributed by atoms with Crippen LogP contribution in [0.4, 0.5) is 13.2 Å². The molecule has 0 bridgehead atoms. The van der Waals surface area contributed by atoms with Gasteiger partial charge in [-0.25, -0.2) is 0 Å². The number of hydrogen-bond acceptors (Lipinski definition) is 2. The number of aromatic hydroxyl groups is 1. The lowest BCUT2D eigenvalue weighted by Crippen LogP contribution is -2.05. The van der Waals surface area contributed by atoms with E-state index in [4.69, 9.17) is 11.6 Å². The zero-order chi connectivity index (χ0) is 13.3. The van der Waals surface area contributed by atoms with E-state index in [2.05, 4.69) is 11.1 Å². The van der Waals surface area contributed by atoms with E-state index in [1.165, 1.54) is 12.1 Å². The Bertz CT molecular complexity index is 584. The molecule has 0 saturated heterocycles. The average molecular weight is 273 g/mol. The molecule has 0 saturated carbocycles. The summed E-state index contributed by atoms with van der Waals surface area (Å²) in [5.41, 5.74) is -0.318. The third-order valence-corrected chi connectivity index (χ3v) is 2.52. The molecule has 0 atom stereocenters. The molecule has 2 rings (SSSR count). The van der Waals surface area contributed by atoms with Crippen LogP contribution < -0.4 is 0 Å². The van der Waals surface area contributed by atoms with Gasteiger partial charge in [0, 0.05) is 17.8 Å². The van der Waals surface area contributed by atoms with Crippen LogP contribution in [0.2, 0.25) is 5.02 Å². The Morgan fingerprint density at radius 3 is 2.56 bits per heavy atom. The van der Waals surface area contributed by atoms with Crippen molar-refractivity contribution in [3.8, 4) is 17.0 Å². The highest BCUT2D eigenvalue weighted by Gasteiger charge is 2.31. The van der Waals surface area contributed by atoms with Gasteiger partial charge in [-0.1, -0.05) is 17.7 Å². The topological polar surface area (TPSA) is 33.1 Å². The smallest absolute Gasteiger partial charge is 0.417 e. The van der Waals surface area contributed by atoms with E-state index in [0.717, 1.165) is 6.07 Å². The van der Waals surface area contributed by atoms with Crippen LogP contribution in [-0.2, 0) is 6.18 Å². The lowest BCUT2D eigenvalue weighted by atomic mass is 10.1. The molecule has 1 heterocycles. The Kier molecular flexibility index (Phi) is 3.17. The van der Waals surface area contributed by atoms with E-state index < -0.39 is 11.7 Å².